The molecule has 2 amide bonds. The van der Waals surface area contributed by atoms with Gasteiger partial charge in [-0.3, -0.25) is 19.3 Å². The van der Waals surface area contributed by atoms with Gasteiger partial charge < -0.3 is 19.6 Å². The van der Waals surface area contributed by atoms with Crippen molar-refractivity contribution < 1.29 is 24.2 Å². The SMILES string of the molecule is C=CCN1C(=O)[C@]2(C(=C(O)c3ccc(C)cc3)C(=O)C(=O)N2CCCN2CCOCC2)c2ccccc21. The molecule has 2 aromatic carbocycles. The quantitative estimate of drug-likeness (QED) is 0.272. The number of amides is 2. The molecule has 2 saturated heterocycles. The summed E-state index contributed by atoms with van der Waals surface area (Å²) in [6, 6.07) is 14.2. The monoisotopic (exact) mass is 501 g/mol. The third-order valence-corrected chi connectivity index (χ3v) is 7.41. The molecule has 8 nitrogen and oxygen atoms in total. The van der Waals surface area contributed by atoms with E-state index in [2.05, 4.69) is 11.5 Å². The summed E-state index contributed by atoms with van der Waals surface area (Å²) in [6.45, 7) is 9.71. The Balaban J connectivity index is 1.65. The lowest BCUT2D eigenvalue weighted by Gasteiger charge is -2.35. The number of para-hydroxylation sites is 1. The van der Waals surface area contributed by atoms with Gasteiger partial charge in [-0.2, -0.15) is 0 Å². The van der Waals surface area contributed by atoms with Crippen LogP contribution in [0.4, 0.5) is 5.69 Å². The summed E-state index contributed by atoms with van der Waals surface area (Å²) in [5.41, 5.74) is 0.548. The largest absolute Gasteiger partial charge is 0.507 e. The molecule has 3 aliphatic rings. The second-order valence-corrected chi connectivity index (χ2v) is 9.62. The maximum Gasteiger partial charge on any atom is 0.296 e. The molecule has 0 aromatic heterocycles. The zero-order valence-corrected chi connectivity index (χ0v) is 21.0. The van der Waals surface area contributed by atoms with Gasteiger partial charge in [0.15, 0.2) is 5.54 Å². The first kappa shape index (κ1) is 24.9. The van der Waals surface area contributed by atoms with Gasteiger partial charge in [0.05, 0.1) is 24.5 Å². The average molecular weight is 502 g/mol. The van der Waals surface area contributed by atoms with Gasteiger partial charge in [0.1, 0.15) is 5.76 Å². The number of aliphatic hydroxyl groups excluding tert-OH is 1. The zero-order valence-electron chi connectivity index (χ0n) is 21.0. The topological polar surface area (TPSA) is 90.4 Å². The van der Waals surface area contributed by atoms with Crippen molar-refractivity contribution in [1.29, 1.82) is 0 Å². The molecule has 0 aliphatic carbocycles. The van der Waals surface area contributed by atoms with Gasteiger partial charge in [0.25, 0.3) is 17.6 Å². The minimum atomic E-state index is -1.74. The van der Waals surface area contributed by atoms with Crippen LogP contribution in [-0.2, 0) is 24.7 Å². The van der Waals surface area contributed by atoms with E-state index in [-0.39, 0.29) is 24.4 Å². The summed E-state index contributed by atoms with van der Waals surface area (Å²) in [4.78, 5) is 46.6. The van der Waals surface area contributed by atoms with E-state index in [1.165, 1.54) is 9.80 Å². The Morgan fingerprint density at radius 2 is 1.76 bits per heavy atom. The van der Waals surface area contributed by atoms with Crippen LogP contribution in [-0.4, -0.2) is 78.4 Å². The van der Waals surface area contributed by atoms with Crippen LogP contribution >= 0.6 is 0 Å². The Hall–Kier alpha value is -3.75. The molecule has 192 valence electrons. The minimum absolute atomic E-state index is 0.184. The summed E-state index contributed by atoms with van der Waals surface area (Å²) in [5.74, 6) is -2.42. The van der Waals surface area contributed by atoms with Crippen LogP contribution in [0.2, 0.25) is 0 Å². The Kier molecular flexibility index (Phi) is 6.70. The Morgan fingerprint density at radius 1 is 1.05 bits per heavy atom. The molecule has 3 heterocycles. The van der Waals surface area contributed by atoms with Gasteiger partial charge in [-0.15, -0.1) is 6.58 Å². The van der Waals surface area contributed by atoms with Gasteiger partial charge in [-0.25, -0.2) is 0 Å². The van der Waals surface area contributed by atoms with E-state index in [1.807, 2.05) is 25.1 Å². The van der Waals surface area contributed by atoms with Crippen LogP contribution < -0.4 is 4.90 Å². The highest BCUT2D eigenvalue weighted by atomic mass is 16.5. The molecule has 5 rings (SSSR count). The number of ether oxygens (including phenoxy) is 1. The third kappa shape index (κ3) is 3.97. The number of rotatable bonds is 7. The number of nitrogens with zero attached hydrogens (tertiary/aromatic N) is 3. The summed E-state index contributed by atoms with van der Waals surface area (Å²) in [6.07, 6.45) is 2.18. The van der Waals surface area contributed by atoms with E-state index in [0.29, 0.717) is 43.0 Å². The highest BCUT2D eigenvalue weighted by Gasteiger charge is 2.66. The maximum absolute atomic E-state index is 14.3. The molecule has 8 heteroatoms. The number of ketones is 1. The summed E-state index contributed by atoms with van der Waals surface area (Å²) >= 11 is 0. The lowest BCUT2D eigenvalue weighted by molar-refractivity contribution is -0.143. The van der Waals surface area contributed by atoms with Crippen molar-refractivity contribution in [3.63, 3.8) is 0 Å². The lowest BCUT2D eigenvalue weighted by Crippen LogP contribution is -2.52. The van der Waals surface area contributed by atoms with Gasteiger partial charge in [-0.05, 0) is 19.4 Å². The molecular weight excluding hydrogens is 470 g/mol. The van der Waals surface area contributed by atoms with Crippen LogP contribution in [0.1, 0.15) is 23.1 Å². The highest BCUT2D eigenvalue weighted by Crippen LogP contribution is 2.53. The fraction of sp³-hybridized carbons (Fsp3) is 0.345. The number of carbonyl (C=O) groups is 3. The number of carbonyl (C=O) groups excluding carboxylic acids is 3. The molecular formula is C29H31N3O5. The zero-order chi connectivity index (χ0) is 26.2. The summed E-state index contributed by atoms with van der Waals surface area (Å²) in [5, 5.41) is 11.5. The third-order valence-electron chi connectivity index (χ3n) is 7.41. The smallest absolute Gasteiger partial charge is 0.296 e. The summed E-state index contributed by atoms with van der Waals surface area (Å²) < 4.78 is 5.42. The number of aryl methyl sites for hydroxylation is 1. The molecule has 2 fully saturated rings. The number of aliphatic hydroxyl groups is 1. The molecule has 0 bridgehead atoms. The first-order valence-corrected chi connectivity index (χ1v) is 12.6. The molecule has 1 atom stereocenters. The average Bonchev–Trinajstić information content (AvgIpc) is 3.28. The number of fused-ring (bicyclic) bond motifs is 2. The van der Waals surface area contributed by atoms with Gasteiger partial charge in [0, 0.05) is 43.9 Å². The van der Waals surface area contributed by atoms with Crippen LogP contribution in [0, 0.1) is 6.92 Å². The van der Waals surface area contributed by atoms with Gasteiger partial charge >= 0.3 is 0 Å². The number of likely N-dealkylation sites (tertiary alicyclic amines) is 1. The van der Waals surface area contributed by atoms with Gasteiger partial charge in [-0.1, -0.05) is 54.1 Å². The molecule has 3 aliphatic heterocycles. The van der Waals surface area contributed by atoms with Crippen molar-refractivity contribution in [2.75, 3.05) is 50.8 Å². The molecule has 1 N–H and O–H groups in total. The van der Waals surface area contributed by atoms with Crippen LogP contribution in [0.3, 0.4) is 0 Å². The fourth-order valence-corrected chi connectivity index (χ4v) is 5.61. The number of benzene rings is 2. The molecule has 37 heavy (non-hydrogen) atoms. The molecule has 0 saturated carbocycles. The van der Waals surface area contributed by atoms with Crippen LogP contribution in [0.25, 0.3) is 5.76 Å². The number of Topliss-reactive ketones (excluding diaryl/α,β-unsaturated/α-hetero) is 1. The maximum atomic E-state index is 14.3. The molecule has 0 radical (unpaired) electrons. The normalized spacial score (nSPS) is 23.2. The van der Waals surface area contributed by atoms with E-state index < -0.39 is 23.1 Å². The highest BCUT2D eigenvalue weighted by molar-refractivity contribution is 6.50. The number of morpholine rings is 1. The first-order valence-electron chi connectivity index (χ1n) is 12.6. The molecule has 0 unspecified atom stereocenters. The van der Waals surface area contributed by atoms with E-state index >= 15 is 0 Å². The minimum Gasteiger partial charge on any atom is -0.507 e. The van der Waals surface area contributed by atoms with E-state index in [9.17, 15) is 19.5 Å². The molecule has 2 aromatic rings. The number of hydrogen-bond acceptors (Lipinski definition) is 6. The van der Waals surface area contributed by atoms with Crippen molar-refractivity contribution in [1.82, 2.24) is 9.80 Å². The Morgan fingerprint density at radius 3 is 2.46 bits per heavy atom. The standard InChI is InChI=1S/C29H31N3O5/c1-3-13-31-23-8-5-4-7-22(23)29(28(31)36)24(25(33)21-11-9-20(2)10-12-21)26(34)27(35)32(29)15-6-14-30-16-18-37-19-17-30/h3-5,7-12,33H,1,6,13-19H2,2H3/t29-/m1/s1. The van der Waals surface area contributed by atoms with E-state index in [0.717, 1.165) is 18.7 Å². The van der Waals surface area contributed by atoms with Crippen molar-refractivity contribution in [2.45, 2.75) is 18.9 Å². The van der Waals surface area contributed by atoms with Crippen molar-refractivity contribution in [2.24, 2.45) is 0 Å². The summed E-state index contributed by atoms with van der Waals surface area (Å²) in [7, 11) is 0. The predicted molar refractivity (Wildman–Crippen MR) is 140 cm³/mol. The number of anilines is 1. The van der Waals surface area contributed by atoms with Crippen molar-refractivity contribution in [3.05, 3.63) is 83.4 Å². The number of hydrogen-bond donors (Lipinski definition) is 1. The second kappa shape index (κ2) is 9.95. The fourth-order valence-electron chi connectivity index (χ4n) is 5.61. The van der Waals surface area contributed by atoms with Crippen molar-refractivity contribution >= 4 is 29.0 Å². The van der Waals surface area contributed by atoms with Crippen molar-refractivity contribution in [3.8, 4) is 0 Å². The first-order chi connectivity index (χ1) is 17.9. The lowest BCUT2D eigenvalue weighted by atomic mass is 9.81. The van der Waals surface area contributed by atoms with Crippen LogP contribution in [0.15, 0.2) is 66.8 Å². The Bertz CT molecular complexity index is 1280. The Labute approximate surface area is 216 Å². The van der Waals surface area contributed by atoms with E-state index in [4.69, 9.17) is 4.74 Å². The molecule has 1 spiro atoms. The van der Waals surface area contributed by atoms with Crippen LogP contribution in [0.5, 0.6) is 0 Å². The second-order valence-electron chi connectivity index (χ2n) is 9.62. The van der Waals surface area contributed by atoms with Gasteiger partial charge in [0.2, 0.25) is 0 Å². The van der Waals surface area contributed by atoms with E-state index in [1.54, 1.807) is 36.4 Å². The predicted octanol–water partition coefficient (Wildman–Crippen LogP) is 2.83.